The van der Waals surface area contributed by atoms with Crippen LogP contribution in [0.2, 0.25) is 0 Å². The fraction of sp³-hybridized carbons (Fsp3) is 0.500. The van der Waals surface area contributed by atoms with Crippen molar-refractivity contribution < 1.29 is 4.21 Å². The molecule has 156 valence electrons. The first-order valence-electron chi connectivity index (χ1n) is 9.35. The zero-order valence-electron chi connectivity index (χ0n) is 17.1. The molecule has 0 bridgehead atoms. The number of hydrogen-bond acceptors (Lipinski definition) is 3. The molecule has 0 aliphatic rings. The van der Waals surface area contributed by atoms with Crippen molar-refractivity contribution in [1.82, 2.24) is 20.4 Å². The van der Waals surface area contributed by atoms with Gasteiger partial charge in [-0.3, -0.25) is 8.89 Å². The van der Waals surface area contributed by atoms with E-state index in [1.54, 1.807) is 6.20 Å². The van der Waals surface area contributed by atoms with Gasteiger partial charge in [-0.25, -0.2) is 4.99 Å². The molecule has 0 fully saturated rings. The SMILES string of the molecule is CCNC(=NCc1ccccc1Cn1cccn1)NCCS(=O)C(C)(C)C.I. The molecule has 0 amide bonds. The summed E-state index contributed by atoms with van der Waals surface area (Å²) in [4.78, 5) is 4.70. The molecule has 1 unspecified atom stereocenters. The number of benzene rings is 1. The fourth-order valence-electron chi connectivity index (χ4n) is 2.51. The van der Waals surface area contributed by atoms with E-state index in [1.165, 1.54) is 11.1 Å². The van der Waals surface area contributed by atoms with Gasteiger partial charge in [-0.1, -0.05) is 24.3 Å². The lowest BCUT2D eigenvalue weighted by molar-refractivity contribution is 0.647. The third-order valence-electron chi connectivity index (χ3n) is 4.02. The quantitative estimate of drug-likeness (QED) is 0.321. The van der Waals surface area contributed by atoms with Crippen molar-refractivity contribution in [2.75, 3.05) is 18.8 Å². The molecule has 0 aliphatic heterocycles. The Hall–Kier alpha value is -1.42. The summed E-state index contributed by atoms with van der Waals surface area (Å²) in [5.74, 6) is 1.35. The number of aromatic nitrogens is 2. The van der Waals surface area contributed by atoms with Crippen molar-refractivity contribution in [1.29, 1.82) is 0 Å². The van der Waals surface area contributed by atoms with Gasteiger partial charge in [0.1, 0.15) is 0 Å². The maximum atomic E-state index is 12.2. The highest BCUT2D eigenvalue weighted by molar-refractivity contribution is 14.0. The van der Waals surface area contributed by atoms with E-state index >= 15 is 0 Å². The maximum Gasteiger partial charge on any atom is 0.191 e. The first-order chi connectivity index (χ1) is 12.9. The van der Waals surface area contributed by atoms with Crippen LogP contribution in [-0.4, -0.2) is 43.5 Å². The van der Waals surface area contributed by atoms with E-state index in [9.17, 15) is 4.21 Å². The summed E-state index contributed by atoms with van der Waals surface area (Å²) < 4.78 is 13.9. The Labute approximate surface area is 188 Å². The van der Waals surface area contributed by atoms with Gasteiger partial charge in [0.05, 0.1) is 13.1 Å². The van der Waals surface area contributed by atoms with Crippen molar-refractivity contribution in [2.24, 2.45) is 4.99 Å². The number of nitrogens with zero attached hydrogens (tertiary/aromatic N) is 3. The minimum absolute atomic E-state index is 0. The van der Waals surface area contributed by atoms with Crippen molar-refractivity contribution in [3.05, 3.63) is 53.9 Å². The summed E-state index contributed by atoms with van der Waals surface area (Å²) in [5.41, 5.74) is 2.37. The highest BCUT2D eigenvalue weighted by atomic mass is 127. The molecule has 2 rings (SSSR count). The predicted molar refractivity (Wildman–Crippen MR) is 129 cm³/mol. The molecule has 2 N–H and O–H groups in total. The number of rotatable bonds is 8. The molecule has 1 atom stereocenters. The minimum atomic E-state index is -0.875. The largest absolute Gasteiger partial charge is 0.357 e. The van der Waals surface area contributed by atoms with Crippen LogP contribution in [0.25, 0.3) is 0 Å². The zero-order chi connectivity index (χ0) is 19.7. The molecule has 1 aromatic heterocycles. The molecule has 0 aliphatic carbocycles. The number of aliphatic imine (C=N–C) groups is 1. The van der Waals surface area contributed by atoms with E-state index in [1.807, 2.05) is 56.8 Å². The van der Waals surface area contributed by atoms with Crippen molar-refractivity contribution >= 4 is 40.7 Å². The average Bonchev–Trinajstić information content (AvgIpc) is 3.13. The van der Waals surface area contributed by atoms with E-state index in [-0.39, 0.29) is 28.7 Å². The van der Waals surface area contributed by atoms with Crippen molar-refractivity contribution in [3.63, 3.8) is 0 Å². The van der Waals surface area contributed by atoms with Crippen molar-refractivity contribution in [3.8, 4) is 0 Å². The lowest BCUT2D eigenvalue weighted by atomic mass is 10.1. The average molecular weight is 517 g/mol. The summed E-state index contributed by atoms with van der Waals surface area (Å²) in [6.45, 7) is 10.8. The van der Waals surface area contributed by atoms with Gasteiger partial charge in [0, 0.05) is 46.8 Å². The number of nitrogens with one attached hydrogen (secondary N) is 2. The van der Waals surface area contributed by atoms with Gasteiger partial charge in [0.25, 0.3) is 0 Å². The Morgan fingerprint density at radius 1 is 1.18 bits per heavy atom. The maximum absolute atomic E-state index is 12.2. The third kappa shape index (κ3) is 8.30. The smallest absolute Gasteiger partial charge is 0.191 e. The van der Waals surface area contributed by atoms with Gasteiger partial charge in [0.15, 0.2) is 5.96 Å². The van der Waals surface area contributed by atoms with Gasteiger partial charge in [0.2, 0.25) is 0 Å². The Balaban J connectivity index is 0.00000392. The normalized spacial score (nSPS) is 12.9. The minimum Gasteiger partial charge on any atom is -0.357 e. The molecule has 6 nitrogen and oxygen atoms in total. The molecule has 1 heterocycles. The Kier molecular flexibility index (Phi) is 10.7. The van der Waals surface area contributed by atoms with Crippen LogP contribution in [-0.2, 0) is 23.9 Å². The van der Waals surface area contributed by atoms with Crippen LogP contribution in [0.3, 0.4) is 0 Å². The van der Waals surface area contributed by atoms with Crippen LogP contribution in [0.4, 0.5) is 0 Å². The van der Waals surface area contributed by atoms with E-state index < -0.39 is 10.8 Å². The lowest BCUT2D eigenvalue weighted by Gasteiger charge is -2.18. The summed E-state index contributed by atoms with van der Waals surface area (Å²) in [7, 11) is -0.875. The number of halogens is 1. The third-order valence-corrected chi connectivity index (χ3v) is 5.97. The second-order valence-electron chi connectivity index (χ2n) is 7.26. The van der Waals surface area contributed by atoms with Crippen LogP contribution in [0.15, 0.2) is 47.7 Å². The highest BCUT2D eigenvalue weighted by Crippen LogP contribution is 2.12. The van der Waals surface area contributed by atoms with Gasteiger partial charge in [-0.15, -0.1) is 24.0 Å². The molecule has 0 radical (unpaired) electrons. The molecule has 0 saturated heterocycles. The van der Waals surface area contributed by atoms with Crippen LogP contribution < -0.4 is 10.6 Å². The van der Waals surface area contributed by atoms with E-state index in [0.717, 1.165) is 19.0 Å². The van der Waals surface area contributed by atoms with E-state index in [0.29, 0.717) is 18.8 Å². The summed E-state index contributed by atoms with van der Waals surface area (Å²) in [6.07, 6.45) is 3.75. The van der Waals surface area contributed by atoms with Gasteiger partial charge in [-0.2, -0.15) is 5.10 Å². The molecule has 8 heteroatoms. The standard InChI is InChI=1S/C20H31N5OS.HI/c1-5-21-19(22-12-14-27(26)20(2,3)4)23-15-17-9-6-7-10-18(17)16-25-13-8-11-24-25;/h6-11,13H,5,12,14-16H2,1-4H3,(H2,21,22,23);1H. The van der Waals surface area contributed by atoms with E-state index in [4.69, 9.17) is 4.99 Å². The van der Waals surface area contributed by atoms with Gasteiger partial charge in [-0.05, 0) is 44.9 Å². The Bertz CT molecular complexity index is 756. The van der Waals surface area contributed by atoms with Crippen LogP contribution in [0.1, 0.15) is 38.8 Å². The van der Waals surface area contributed by atoms with Gasteiger partial charge < -0.3 is 10.6 Å². The molecular formula is C20H32IN5OS. The Morgan fingerprint density at radius 3 is 2.50 bits per heavy atom. The molecular weight excluding hydrogens is 485 g/mol. The topological polar surface area (TPSA) is 71.3 Å². The fourth-order valence-corrected chi connectivity index (χ4v) is 3.41. The molecule has 2 aromatic rings. The number of guanidine groups is 1. The molecule has 1 aromatic carbocycles. The second-order valence-corrected chi connectivity index (χ2v) is 9.58. The second kappa shape index (κ2) is 12.2. The van der Waals surface area contributed by atoms with Gasteiger partial charge >= 0.3 is 0 Å². The van der Waals surface area contributed by atoms with Crippen LogP contribution >= 0.6 is 24.0 Å². The monoisotopic (exact) mass is 517 g/mol. The van der Waals surface area contributed by atoms with Crippen molar-refractivity contribution in [2.45, 2.75) is 45.5 Å². The summed E-state index contributed by atoms with van der Waals surface area (Å²) in [6, 6.07) is 10.2. The molecule has 0 spiro atoms. The Morgan fingerprint density at radius 2 is 1.89 bits per heavy atom. The number of hydrogen-bond donors (Lipinski definition) is 2. The first-order valence-corrected chi connectivity index (χ1v) is 10.7. The zero-order valence-corrected chi connectivity index (χ0v) is 20.3. The van der Waals surface area contributed by atoms with Crippen LogP contribution in [0, 0.1) is 0 Å². The predicted octanol–water partition coefficient (Wildman–Crippen LogP) is 3.15. The summed E-state index contributed by atoms with van der Waals surface area (Å²) in [5, 5.41) is 10.8. The highest BCUT2D eigenvalue weighted by Gasteiger charge is 2.18. The summed E-state index contributed by atoms with van der Waals surface area (Å²) >= 11 is 0. The molecule has 28 heavy (non-hydrogen) atoms. The lowest BCUT2D eigenvalue weighted by Crippen LogP contribution is -2.40. The first kappa shape index (κ1) is 24.6. The van der Waals surface area contributed by atoms with Crippen LogP contribution in [0.5, 0.6) is 0 Å². The molecule has 0 saturated carbocycles. The van der Waals surface area contributed by atoms with E-state index in [2.05, 4.69) is 27.9 Å².